The largest absolute Gasteiger partial charge is 0.449 e. The van der Waals surface area contributed by atoms with Crippen molar-refractivity contribution in [2.75, 3.05) is 13.1 Å². The number of nitrogens with two attached hydrogens (primary N) is 1. The van der Waals surface area contributed by atoms with E-state index in [4.69, 9.17) is 26.8 Å². The van der Waals surface area contributed by atoms with Crippen LogP contribution in [0.3, 0.4) is 0 Å². The lowest BCUT2D eigenvalue weighted by atomic mass is 10.2. The Hall–Kier alpha value is -1.68. The minimum absolute atomic E-state index is 0.0173. The molecule has 10 heteroatoms. The maximum absolute atomic E-state index is 13.0. The van der Waals surface area contributed by atoms with Gasteiger partial charge in [-0.3, -0.25) is 4.79 Å². The van der Waals surface area contributed by atoms with Gasteiger partial charge in [-0.2, -0.15) is 4.31 Å². The SMILES string of the molecule is C[C@@H]1CN(S(=O)(=O)c2cc(C(=O)O[C@H](C)C(N)=O)ccc2Cl)C[C@@H](C)O1. The molecule has 1 fully saturated rings. The van der Waals surface area contributed by atoms with Crippen molar-refractivity contribution >= 4 is 33.5 Å². The maximum atomic E-state index is 13.0. The fourth-order valence-electron chi connectivity index (χ4n) is 2.58. The van der Waals surface area contributed by atoms with E-state index >= 15 is 0 Å². The van der Waals surface area contributed by atoms with Crippen molar-refractivity contribution in [1.82, 2.24) is 4.31 Å². The Bertz CT molecular complexity index is 803. The van der Waals surface area contributed by atoms with Crippen LogP contribution < -0.4 is 5.73 Å². The van der Waals surface area contributed by atoms with E-state index in [9.17, 15) is 18.0 Å². The average molecular weight is 405 g/mol. The lowest BCUT2D eigenvalue weighted by Gasteiger charge is -2.34. The Morgan fingerprint density at radius 2 is 1.88 bits per heavy atom. The molecule has 3 atom stereocenters. The summed E-state index contributed by atoms with van der Waals surface area (Å²) in [5.74, 6) is -1.68. The quantitative estimate of drug-likeness (QED) is 0.736. The highest BCUT2D eigenvalue weighted by Gasteiger charge is 2.34. The van der Waals surface area contributed by atoms with Crippen LogP contribution in [0.4, 0.5) is 0 Å². The second-order valence-electron chi connectivity index (χ2n) is 6.17. The molecule has 0 aliphatic carbocycles. The second-order valence-corrected chi connectivity index (χ2v) is 8.49. The van der Waals surface area contributed by atoms with E-state index < -0.39 is 28.0 Å². The molecule has 0 spiro atoms. The number of amides is 1. The third kappa shape index (κ3) is 4.53. The molecule has 0 unspecified atom stereocenters. The van der Waals surface area contributed by atoms with E-state index in [1.807, 2.05) is 0 Å². The van der Waals surface area contributed by atoms with Crippen LogP contribution in [-0.2, 0) is 24.3 Å². The van der Waals surface area contributed by atoms with Gasteiger partial charge in [-0.25, -0.2) is 13.2 Å². The first kappa shape index (κ1) is 20.6. The summed E-state index contributed by atoms with van der Waals surface area (Å²) in [5.41, 5.74) is 5.01. The molecular weight excluding hydrogens is 384 g/mol. The molecule has 1 saturated heterocycles. The van der Waals surface area contributed by atoms with E-state index in [-0.39, 0.29) is 40.8 Å². The Balaban J connectivity index is 2.34. The molecule has 0 bridgehead atoms. The van der Waals surface area contributed by atoms with Crippen LogP contribution in [0.1, 0.15) is 31.1 Å². The molecule has 1 aromatic carbocycles. The van der Waals surface area contributed by atoms with Crippen molar-refractivity contribution in [3.63, 3.8) is 0 Å². The predicted octanol–water partition coefficient (Wildman–Crippen LogP) is 1.17. The smallest absolute Gasteiger partial charge is 0.338 e. The molecule has 1 aliphatic rings. The minimum Gasteiger partial charge on any atom is -0.449 e. The minimum atomic E-state index is -3.94. The number of primary amides is 1. The van der Waals surface area contributed by atoms with Gasteiger partial charge in [-0.15, -0.1) is 0 Å². The fraction of sp³-hybridized carbons (Fsp3) is 0.500. The first-order chi connectivity index (χ1) is 12.0. The summed E-state index contributed by atoms with van der Waals surface area (Å²) in [7, 11) is -3.94. The number of morpholine rings is 1. The molecule has 1 aliphatic heterocycles. The normalized spacial score (nSPS) is 22.6. The fourth-order valence-corrected chi connectivity index (χ4v) is 4.67. The highest BCUT2D eigenvalue weighted by Crippen LogP contribution is 2.28. The third-order valence-corrected chi connectivity index (χ3v) is 6.17. The second kappa shape index (κ2) is 7.91. The number of rotatable bonds is 5. The third-order valence-electron chi connectivity index (χ3n) is 3.86. The van der Waals surface area contributed by atoms with Gasteiger partial charge in [-0.1, -0.05) is 11.6 Å². The molecule has 144 valence electrons. The summed E-state index contributed by atoms with van der Waals surface area (Å²) in [6.07, 6.45) is -1.67. The van der Waals surface area contributed by atoms with E-state index in [0.29, 0.717) is 0 Å². The average Bonchev–Trinajstić information content (AvgIpc) is 2.53. The zero-order chi connectivity index (χ0) is 19.6. The maximum Gasteiger partial charge on any atom is 0.338 e. The van der Waals surface area contributed by atoms with Crippen LogP contribution in [0.5, 0.6) is 0 Å². The monoisotopic (exact) mass is 404 g/mol. The van der Waals surface area contributed by atoms with Crippen molar-refractivity contribution in [1.29, 1.82) is 0 Å². The van der Waals surface area contributed by atoms with E-state index in [0.717, 1.165) is 6.07 Å². The van der Waals surface area contributed by atoms with Gasteiger partial charge in [0.25, 0.3) is 5.91 Å². The predicted molar refractivity (Wildman–Crippen MR) is 94.3 cm³/mol. The molecule has 0 radical (unpaired) electrons. The molecule has 26 heavy (non-hydrogen) atoms. The summed E-state index contributed by atoms with van der Waals surface area (Å²) in [4.78, 5) is 22.9. The van der Waals surface area contributed by atoms with Crippen molar-refractivity contribution in [3.05, 3.63) is 28.8 Å². The van der Waals surface area contributed by atoms with Gasteiger partial charge in [0.2, 0.25) is 10.0 Å². The van der Waals surface area contributed by atoms with Gasteiger partial charge >= 0.3 is 5.97 Å². The number of carbonyl (C=O) groups excluding carboxylic acids is 2. The topological polar surface area (TPSA) is 116 Å². The molecule has 8 nitrogen and oxygen atoms in total. The Labute approximate surface area is 157 Å². The van der Waals surface area contributed by atoms with E-state index in [2.05, 4.69) is 0 Å². The lowest BCUT2D eigenvalue weighted by Crippen LogP contribution is -2.48. The molecule has 1 amide bonds. The summed E-state index contributed by atoms with van der Waals surface area (Å²) in [6, 6.07) is 3.76. The van der Waals surface area contributed by atoms with Crippen LogP contribution in [0.15, 0.2) is 23.1 Å². The molecule has 0 saturated carbocycles. The van der Waals surface area contributed by atoms with E-state index in [1.165, 1.54) is 23.4 Å². The lowest BCUT2D eigenvalue weighted by molar-refractivity contribution is -0.125. The van der Waals surface area contributed by atoms with Gasteiger partial charge in [0, 0.05) is 13.1 Å². The van der Waals surface area contributed by atoms with Gasteiger partial charge < -0.3 is 15.2 Å². The Kier molecular flexibility index (Phi) is 6.28. The highest BCUT2D eigenvalue weighted by atomic mass is 35.5. The van der Waals surface area contributed by atoms with Crippen LogP contribution in [0, 0.1) is 0 Å². The number of esters is 1. The van der Waals surface area contributed by atoms with Crippen molar-refractivity contribution in [2.24, 2.45) is 5.73 Å². The number of hydrogen-bond donors (Lipinski definition) is 1. The summed E-state index contributed by atoms with van der Waals surface area (Å²) in [6.45, 7) is 5.23. The number of benzene rings is 1. The van der Waals surface area contributed by atoms with Crippen LogP contribution in [0.25, 0.3) is 0 Å². The Morgan fingerprint density at radius 3 is 2.42 bits per heavy atom. The zero-order valence-electron chi connectivity index (χ0n) is 14.6. The Morgan fingerprint density at radius 1 is 1.31 bits per heavy atom. The molecule has 0 aromatic heterocycles. The molecular formula is C16H21ClN2O6S. The number of halogens is 1. The van der Waals surface area contributed by atoms with Gasteiger partial charge in [0.1, 0.15) is 4.90 Å². The number of hydrogen-bond acceptors (Lipinski definition) is 6. The standard InChI is InChI=1S/C16H21ClN2O6S/c1-9-7-19(8-10(2)24-9)26(22,23)14-6-12(4-5-13(14)17)16(21)25-11(3)15(18)20/h4-6,9-11H,7-8H2,1-3H3,(H2,18,20)/t9-,10-,11-/m1/s1. The van der Waals surface area contributed by atoms with Crippen molar-refractivity contribution < 1.29 is 27.5 Å². The molecule has 2 N–H and O–H groups in total. The first-order valence-electron chi connectivity index (χ1n) is 7.97. The molecule has 1 heterocycles. The molecule has 2 rings (SSSR count). The van der Waals surface area contributed by atoms with Gasteiger partial charge in [-0.05, 0) is 39.0 Å². The van der Waals surface area contributed by atoms with Crippen LogP contribution in [-0.4, -0.2) is 56.0 Å². The van der Waals surface area contributed by atoms with E-state index in [1.54, 1.807) is 13.8 Å². The van der Waals surface area contributed by atoms with Crippen molar-refractivity contribution in [3.8, 4) is 0 Å². The van der Waals surface area contributed by atoms with Crippen LogP contribution in [0.2, 0.25) is 5.02 Å². The number of sulfonamides is 1. The highest BCUT2D eigenvalue weighted by molar-refractivity contribution is 7.89. The number of carbonyl (C=O) groups is 2. The summed E-state index contributed by atoms with van der Waals surface area (Å²) >= 11 is 6.07. The van der Waals surface area contributed by atoms with Crippen molar-refractivity contribution in [2.45, 2.75) is 44.0 Å². The molecule has 1 aromatic rings. The van der Waals surface area contributed by atoms with Gasteiger partial charge in [0.05, 0.1) is 22.8 Å². The summed E-state index contributed by atoms with van der Waals surface area (Å²) in [5, 5.41) is -0.0173. The number of ether oxygens (including phenoxy) is 2. The number of nitrogens with zero attached hydrogens (tertiary/aromatic N) is 1. The first-order valence-corrected chi connectivity index (χ1v) is 9.79. The van der Waals surface area contributed by atoms with Gasteiger partial charge in [0.15, 0.2) is 6.10 Å². The zero-order valence-corrected chi connectivity index (χ0v) is 16.2. The van der Waals surface area contributed by atoms with Crippen LogP contribution >= 0.6 is 11.6 Å². The summed E-state index contributed by atoms with van der Waals surface area (Å²) < 4.78 is 37.6.